The number of nitriles is 1. The van der Waals surface area contributed by atoms with Gasteiger partial charge in [0.25, 0.3) is 0 Å². The van der Waals surface area contributed by atoms with E-state index >= 15 is 0 Å². The van der Waals surface area contributed by atoms with Gasteiger partial charge in [0.1, 0.15) is 0 Å². The summed E-state index contributed by atoms with van der Waals surface area (Å²) in [5.74, 6) is -0.755. The number of nitrogens with zero attached hydrogens (tertiary/aromatic N) is 2. The van der Waals surface area contributed by atoms with Gasteiger partial charge in [0, 0.05) is 25.4 Å². The number of hydrogen-bond acceptors (Lipinski definition) is 3. The lowest BCUT2D eigenvalue weighted by Crippen LogP contribution is -2.33. The van der Waals surface area contributed by atoms with Crippen LogP contribution in [0.5, 0.6) is 0 Å². The third-order valence-electron chi connectivity index (χ3n) is 2.80. The summed E-state index contributed by atoms with van der Waals surface area (Å²) in [5.41, 5.74) is 0. The molecular formula is C12H18N2O3. The molecule has 17 heavy (non-hydrogen) atoms. The van der Waals surface area contributed by atoms with Crippen molar-refractivity contribution in [2.45, 2.75) is 51.0 Å². The molecule has 0 aliphatic heterocycles. The minimum absolute atomic E-state index is 0.0631. The van der Waals surface area contributed by atoms with Gasteiger partial charge in [-0.3, -0.25) is 9.59 Å². The molecule has 1 aliphatic rings. The van der Waals surface area contributed by atoms with Gasteiger partial charge in [-0.1, -0.05) is 0 Å². The molecule has 1 saturated carbocycles. The van der Waals surface area contributed by atoms with Crippen molar-refractivity contribution in [3.8, 4) is 6.07 Å². The van der Waals surface area contributed by atoms with Crippen LogP contribution in [-0.2, 0) is 9.59 Å². The van der Waals surface area contributed by atoms with Gasteiger partial charge in [0.05, 0.1) is 12.5 Å². The van der Waals surface area contributed by atoms with Crippen LogP contribution < -0.4 is 0 Å². The van der Waals surface area contributed by atoms with Crippen LogP contribution in [0.4, 0.5) is 0 Å². The molecule has 0 bridgehead atoms. The maximum absolute atomic E-state index is 11.8. The average Bonchev–Trinajstić information content (AvgIpc) is 3.09. The Morgan fingerprint density at radius 2 is 1.94 bits per heavy atom. The van der Waals surface area contributed by atoms with Crippen molar-refractivity contribution in [2.75, 3.05) is 6.54 Å². The lowest BCUT2D eigenvalue weighted by molar-refractivity contribution is -0.137. The zero-order chi connectivity index (χ0) is 12.7. The maximum atomic E-state index is 11.8. The quantitative estimate of drug-likeness (QED) is 0.650. The average molecular weight is 238 g/mol. The Hall–Kier alpha value is -1.57. The van der Waals surface area contributed by atoms with E-state index in [-0.39, 0.29) is 12.3 Å². The highest BCUT2D eigenvalue weighted by Crippen LogP contribution is 2.27. The number of hydrogen-bond donors (Lipinski definition) is 1. The fraction of sp³-hybridized carbons (Fsp3) is 0.750. The van der Waals surface area contributed by atoms with Gasteiger partial charge in [0.15, 0.2) is 0 Å². The number of unbranched alkanes of at least 4 members (excludes halogenated alkanes) is 1. The molecule has 0 aromatic heterocycles. The number of carbonyl (C=O) groups excluding carboxylic acids is 1. The van der Waals surface area contributed by atoms with Gasteiger partial charge in [-0.15, -0.1) is 0 Å². The molecule has 0 atom stereocenters. The summed E-state index contributed by atoms with van der Waals surface area (Å²) < 4.78 is 0. The van der Waals surface area contributed by atoms with Crippen molar-refractivity contribution in [2.24, 2.45) is 0 Å². The molecule has 0 saturated heterocycles. The third-order valence-corrected chi connectivity index (χ3v) is 2.80. The summed E-state index contributed by atoms with van der Waals surface area (Å²) in [6.45, 7) is 0.513. The smallest absolute Gasteiger partial charge is 0.303 e. The second-order valence-corrected chi connectivity index (χ2v) is 4.33. The van der Waals surface area contributed by atoms with Gasteiger partial charge >= 0.3 is 5.97 Å². The van der Waals surface area contributed by atoms with Gasteiger partial charge in [-0.25, -0.2) is 0 Å². The highest BCUT2D eigenvalue weighted by Gasteiger charge is 2.31. The first-order valence-electron chi connectivity index (χ1n) is 6.03. The minimum atomic E-state index is -0.819. The number of amides is 1. The fourth-order valence-electron chi connectivity index (χ4n) is 1.76. The molecule has 0 heterocycles. The summed E-state index contributed by atoms with van der Waals surface area (Å²) in [7, 11) is 0. The van der Waals surface area contributed by atoms with Crippen molar-refractivity contribution in [1.29, 1.82) is 5.26 Å². The molecule has 5 heteroatoms. The standard InChI is InChI=1S/C12H18N2O3/c13-8-3-9-14(10-6-7-10)11(15)4-1-2-5-12(16)17/h10H,1-7,9H2,(H,16,17). The molecule has 0 aromatic rings. The molecular weight excluding hydrogens is 220 g/mol. The maximum Gasteiger partial charge on any atom is 0.303 e. The lowest BCUT2D eigenvalue weighted by atomic mass is 10.1. The zero-order valence-electron chi connectivity index (χ0n) is 9.89. The van der Waals surface area contributed by atoms with Crippen molar-refractivity contribution >= 4 is 11.9 Å². The van der Waals surface area contributed by atoms with E-state index in [1.807, 2.05) is 6.07 Å². The van der Waals surface area contributed by atoms with Gasteiger partial charge in [0.2, 0.25) is 5.91 Å². The van der Waals surface area contributed by atoms with E-state index in [2.05, 4.69) is 0 Å². The number of rotatable bonds is 8. The van der Waals surface area contributed by atoms with Crippen molar-refractivity contribution < 1.29 is 14.7 Å². The summed E-state index contributed by atoms with van der Waals surface area (Å²) in [6.07, 6.45) is 4.11. The first-order chi connectivity index (χ1) is 8.15. The van der Waals surface area contributed by atoms with E-state index in [4.69, 9.17) is 10.4 Å². The largest absolute Gasteiger partial charge is 0.481 e. The van der Waals surface area contributed by atoms with Crippen molar-refractivity contribution in [3.63, 3.8) is 0 Å². The highest BCUT2D eigenvalue weighted by molar-refractivity contribution is 5.77. The summed E-state index contributed by atoms with van der Waals surface area (Å²) in [6, 6.07) is 2.38. The van der Waals surface area contributed by atoms with Crippen molar-refractivity contribution in [3.05, 3.63) is 0 Å². The molecule has 0 spiro atoms. The van der Waals surface area contributed by atoms with Crippen LogP contribution in [0, 0.1) is 11.3 Å². The topological polar surface area (TPSA) is 81.4 Å². The van der Waals surface area contributed by atoms with Crippen LogP contribution in [0.1, 0.15) is 44.9 Å². The molecule has 94 valence electrons. The van der Waals surface area contributed by atoms with Gasteiger partial charge < -0.3 is 10.0 Å². The van der Waals surface area contributed by atoms with E-state index < -0.39 is 5.97 Å². The SMILES string of the molecule is N#CCCN(C(=O)CCCCC(=O)O)C1CC1. The predicted octanol–water partition coefficient (Wildman–Crippen LogP) is 1.54. The van der Waals surface area contributed by atoms with Crippen LogP contribution in [-0.4, -0.2) is 34.5 Å². The number of carbonyl (C=O) groups is 2. The molecule has 1 aliphatic carbocycles. The molecule has 1 N–H and O–H groups in total. The first kappa shape index (κ1) is 13.5. The van der Waals surface area contributed by atoms with E-state index in [1.54, 1.807) is 4.90 Å². The first-order valence-corrected chi connectivity index (χ1v) is 6.03. The number of carboxylic acid groups (broad SMARTS) is 1. The predicted molar refractivity (Wildman–Crippen MR) is 61.1 cm³/mol. The zero-order valence-corrected chi connectivity index (χ0v) is 9.89. The minimum Gasteiger partial charge on any atom is -0.481 e. The fourth-order valence-corrected chi connectivity index (χ4v) is 1.76. The molecule has 1 rings (SSSR count). The highest BCUT2D eigenvalue weighted by atomic mass is 16.4. The monoisotopic (exact) mass is 238 g/mol. The normalized spacial score (nSPS) is 14.1. The molecule has 0 aromatic carbocycles. The lowest BCUT2D eigenvalue weighted by Gasteiger charge is -2.21. The van der Waals surface area contributed by atoms with E-state index in [1.165, 1.54) is 0 Å². The molecule has 1 fully saturated rings. The molecule has 5 nitrogen and oxygen atoms in total. The van der Waals surface area contributed by atoms with Crippen molar-refractivity contribution in [1.82, 2.24) is 4.90 Å². The second-order valence-electron chi connectivity index (χ2n) is 4.33. The summed E-state index contributed by atoms with van der Waals surface area (Å²) >= 11 is 0. The Balaban J connectivity index is 2.23. The van der Waals surface area contributed by atoms with E-state index in [9.17, 15) is 9.59 Å². The van der Waals surface area contributed by atoms with Gasteiger partial charge in [-0.2, -0.15) is 5.26 Å². The van der Waals surface area contributed by atoms with E-state index in [0.717, 1.165) is 12.8 Å². The van der Waals surface area contributed by atoms with Crippen LogP contribution in [0.25, 0.3) is 0 Å². The Morgan fingerprint density at radius 3 is 2.47 bits per heavy atom. The summed E-state index contributed by atoms with van der Waals surface area (Å²) in [5, 5.41) is 17.0. The van der Waals surface area contributed by atoms with Crippen LogP contribution >= 0.6 is 0 Å². The van der Waals surface area contributed by atoms with Crippen LogP contribution in [0.15, 0.2) is 0 Å². The molecule has 0 radical (unpaired) electrons. The Kier molecular flexibility index (Phi) is 5.47. The summed E-state index contributed by atoms with van der Waals surface area (Å²) in [4.78, 5) is 23.9. The second kappa shape index (κ2) is 6.89. The third kappa shape index (κ3) is 5.34. The Labute approximate surface area is 101 Å². The number of carboxylic acids is 1. The Morgan fingerprint density at radius 1 is 1.29 bits per heavy atom. The van der Waals surface area contributed by atoms with Crippen LogP contribution in [0.2, 0.25) is 0 Å². The molecule has 1 amide bonds. The van der Waals surface area contributed by atoms with Gasteiger partial charge in [-0.05, 0) is 25.7 Å². The Bertz CT molecular complexity index is 318. The van der Waals surface area contributed by atoms with E-state index in [0.29, 0.717) is 38.3 Å². The number of aliphatic carboxylic acids is 1. The molecule has 0 unspecified atom stereocenters. The van der Waals surface area contributed by atoms with Crippen LogP contribution in [0.3, 0.4) is 0 Å².